The van der Waals surface area contributed by atoms with Crippen LogP contribution in [0.3, 0.4) is 0 Å². The molecule has 0 radical (unpaired) electrons. The second kappa shape index (κ2) is 4.14. The normalized spacial score (nSPS) is 24.3. The van der Waals surface area contributed by atoms with Crippen LogP contribution in [-0.2, 0) is 6.42 Å². The van der Waals surface area contributed by atoms with E-state index in [1.165, 1.54) is 12.0 Å². The number of hydrogen-bond acceptors (Lipinski definition) is 1. The van der Waals surface area contributed by atoms with Crippen molar-refractivity contribution in [1.29, 1.82) is 5.26 Å². The molecule has 0 unspecified atom stereocenters. The third kappa shape index (κ3) is 2.36. The fourth-order valence-corrected chi connectivity index (χ4v) is 2.12. The molecule has 1 aliphatic carbocycles. The zero-order valence-corrected chi connectivity index (χ0v) is 9.50. The van der Waals surface area contributed by atoms with Crippen LogP contribution in [0.4, 0.5) is 0 Å². The van der Waals surface area contributed by atoms with Crippen molar-refractivity contribution in [2.75, 3.05) is 0 Å². The van der Waals surface area contributed by atoms with Gasteiger partial charge in [-0.15, -0.1) is 0 Å². The van der Waals surface area contributed by atoms with Crippen molar-refractivity contribution in [3.63, 3.8) is 0 Å². The molecule has 0 spiro atoms. The van der Waals surface area contributed by atoms with Crippen molar-refractivity contribution < 1.29 is 0 Å². The Morgan fingerprint density at radius 2 is 2.00 bits per heavy atom. The van der Waals surface area contributed by atoms with Crippen LogP contribution in [0.15, 0.2) is 28.7 Å². The maximum absolute atomic E-state index is 8.54. The fourth-order valence-electron chi connectivity index (χ4n) is 1.85. The van der Waals surface area contributed by atoms with Crippen molar-refractivity contribution in [1.82, 2.24) is 0 Å². The Balaban J connectivity index is 1.88. The first-order valence-electron chi connectivity index (χ1n) is 4.91. The van der Waals surface area contributed by atoms with Gasteiger partial charge in [0.05, 0.1) is 6.07 Å². The molecular weight excluding hydrogens is 238 g/mol. The van der Waals surface area contributed by atoms with Crippen molar-refractivity contribution in [3.8, 4) is 6.07 Å². The minimum atomic E-state index is 0.670. The molecule has 1 saturated carbocycles. The lowest BCUT2D eigenvalue weighted by Crippen LogP contribution is -1.89. The molecule has 2 rings (SSSR count). The Bertz CT molecular complexity index is 350. The third-order valence-electron chi connectivity index (χ3n) is 2.83. The van der Waals surface area contributed by atoms with Gasteiger partial charge in [-0.25, -0.2) is 0 Å². The van der Waals surface area contributed by atoms with E-state index in [0.717, 1.165) is 23.2 Å². The molecule has 0 aliphatic heterocycles. The summed E-state index contributed by atoms with van der Waals surface area (Å²) in [6.07, 6.45) is 3.12. The van der Waals surface area contributed by atoms with Crippen LogP contribution >= 0.6 is 15.9 Å². The molecule has 72 valence electrons. The van der Waals surface area contributed by atoms with Crippen molar-refractivity contribution >= 4 is 15.9 Å². The molecule has 0 aromatic heterocycles. The number of nitriles is 1. The van der Waals surface area contributed by atoms with E-state index in [2.05, 4.69) is 46.3 Å². The molecule has 14 heavy (non-hydrogen) atoms. The molecule has 1 aromatic carbocycles. The first kappa shape index (κ1) is 9.73. The largest absolute Gasteiger partial charge is 0.198 e. The summed E-state index contributed by atoms with van der Waals surface area (Å²) in [5, 5.41) is 8.54. The molecule has 1 aliphatic rings. The van der Waals surface area contributed by atoms with Crippen LogP contribution in [0.25, 0.3) is 0 Å². The highest BCUT2D eigenvalue weighted by Gasteiger charge is 2.36. The van der Waals surface area contributed by atoms with Gasteiger partial charge in [-0.2, -0.15) is 5.26 Å². The highest BCUT2D eigenvalue weighted by Crippen LogP contribution is 2.43. The highest BCUT2D eigenvalue weighted by molar-refractivity contribution is 9.10. The molecule has 0 N–H and O–H groups in total. The van der Waals surface area contributed by atoms with Gasteiger partial charge in [-0.1, -0.05) is 28.1 Å². The SMILES string of the molecule is N#CC[C@@H]1C[C@H]1Cc1ccc(Br)cc1. The van der Waals surface area contributed by atoms with Gasteiger partial charge in [0.1, 0.15) is 0 Å². The Morgan fingerprint density at radius 3 is 2.64 bits per heavy atom. The summed E-state index contributed by atoms with van der Waals surface area (Å²) in [7, 11) is 0. The summed E-state index contributed by atoms with van der Waals surface area (Å²) in [5.74, 6) is 1.43. The van der Waals surface area contributed by atoms with Gasteiger partial charge >= 0.3 is 0 Å². The monoisotopic (exact) mass is 249 g/mol. The van der Waals surface area contributed by atoms with E-state index < -0.39 is 0 Å². The quantitative estimate of drug-likeness (QED) is 0.804. The molecule has 1 aromatic rings. The average molecular weight is 250 g/mol. The smallest absolute Gasteiger partial charge is 0.0624 e. The number of rotatable bonds is 3. The summed E-state index contributed by atoms with van der Waals surface area (Å²) in [4.78, 5) is 0. The van der Waals surface area contributed by atoms with Gasteiger partial charge in [0, 0.05) is 10.9 Å². The summed E-state index contributed by atoms with van der Waals surface area (Å²) < 4.78 is 1.13. The Hall–Kier alpha value is -0.810. The minimum Gasteiger partial charge on any atom is -0.198 e. The maximum atomic E-state index is 8.54. The van der Waals surface area contributed by atoms with Crippen LogP contribution in [-0.4, -0.2) is 0 Å². The number of benzene rings is 1. The predicted molar refractivity (Wildman–Crippen MR) is 59.7 cm³/mol. The third-order valence-corrected chi connectivity index (χ3v) is 3.36. The molecular formula is C12H12BrN. The molecule has 1 nitrogen and oxygen atoms in total. The van der Waals surface area contributed by atoms with Crippen LogP contribution in [0, 0.1) is 23.2 Å². The van der Waals surface area contributed by atoms with Crippen LogP contribution < -0.4 is 0 Å². The van der Waals surface area contributed by atoms with Crippen molar-refractivity contribution in [2.24, 2.45) is 11.8 Å². The minimum absolute atomic E-state index is 0.670. The van der Waals surface area contributed by atoms with E-state index in [4.69, 9.17) is 5.26 Å². The summed E-state index contributed by atoms with van der Waals surface area (Å²) in [5.41, 5.74) is 1.39. The fraction of sp³-hybridized carbons (Fsp3) is 0.417. The van der Waals surface area contributed by atoms with Crippen LogP contribution in [0.5, 0.6) is 0 Å². The van der Waals surface area contributed by atoms with Gasteiger partial charge in [0.2, 0.25) is 0 Å². The second-order valence-electron chi connectivity index (χ2n) is 3.95. The van der Waals surface area contributed by atoms with Crippen LogP contribution in [0.2, 0.25) is 0 Å². The molecule has 2 heteroatoms. The Morgan fingerprint density at radius 1 is 1.29 bits per heavy atom. The molecule has 0 saturated heterocycles. The standard InChI is InChI=1S/C12H12BrN/c13-12-3-1-9(2-4-12)7-11-8-10(11)5-6-14/h1-4,10-11H,5,7-8H2/t10-,11-/m1/s1. The average Bonchev–Trinajstić information content (AvgIpc) is 2.89. The second-order valence-corrected chi connectivity index (χ2v) is 4.86. The molecule has 2 atom stereocenters. The van der Waals surface area contributed by atoms with E-state index in [-0.39, 0.29) is 0 Å². The van der Waals surface area contributed by atoms with Gasteiger partial charge in [0.25, 0.3) is 0 Å². The summed E-state index contributed by atoms with van der Waals surface area (Å²) >= 11 is 3.42. The van der Waals surface area contributed by atoms with Gasteiger partial charge < -0.3 is 0 Å². The lowest BCUT2D eigenvalue weighted by Gasteiger charge is -1.99. The zero-order valence-electron chi connectivity index (χ0n) is 7.91. The van der Waals surface area contributed by atoms with Crippen molar-refractivity contribution in [2.45, 2.75) is 19.3 Å². The summed E-state index contributed by atoms with van der Waals surface area (Å²) in [6.45, 7) is 0. The maximum Gasteiger partial charge on any atom is 0.0624 e. The van der Waals surface area contributed by atoms with E-state index in [9.17, 15) is 0 Å². The van der Waals surface area contributed by atoms with Gasteiger partial charge in [0.15, 0.2) is 0 Å². The summed E-state index contributed by atoms with van der Waals surface area (Å²) in [6, 6.07) is 10.7. The van der Waals surface area contributed by atoms with Crippen molar-refractivity contribution in [3.05, 3.63) is 34.3 Å². The van der Waals surface area contributed by atoms with Gasteiger partial charge in [-0.3, -0.25) is 0 Å². The van der Waals surface area contributed by atoms with Crippen LogP contribution in [0.1, 0.15) is 18.4 Å². The number of hydrogen-bond donors (Lipinski definition) is 0. The first-order chi connectivity index (χ1) is 6.79. The lowest BCUT2D eigenvalue weighted by molar-refractivity contribution is 0.710. The Kier molecular flexibility index (Phi) is 2.88. The highest BCUT2D eigenvalue weighted by atomic mass is 79.9. The molecule has 0 bridgehead atoms. The van der Waals surface area contributed by atoms with E-state index in [0.29, 0.717) is 5.92 Å². The zero-order chi connectivity index (χ0) is 9.97. The Labute approximate surface area is 92.9 Å². The van der Waals surface area contributed by atoms with E-state index in [1.54, 1.807) is 0 Å². The van der Waals surface area contributed by atoms with E-state index in [1.807, 2.05) is 0 Å². The molecule has 1 fully saturated rings. The molecule has 0 amide bonds. The predicted octanol–water partition coefficient (Wildman–Crippen LogP) is 3.54. The lowest BCUT2D eigenvalue weighted by atomic mass is 10.1. The van der Waals surface area contributed by atoms with Gasteiger partial charge in [-0.05, 0) is 42.4 Å². The molecule has 0 heterocycles. The van der Waals surface area contributed by atoms with E-state index >= 15 is 0 Å². The topological polar surface area (TPSA) is 23.8 Å². The number of nitrogens with zero attached hydrogens (tertiary/aromatic N) is 1. The first-order valence-corrected chi connectivity index (χ1v) is 5.70. The number of halogens is 1.